The molecule has 3 aromatic carbocycles. The van der Waals surface area contributed by atoms with Crippen molar-refractivity contribution in [2.75, 3.05) is 0 Å². The highest BCUT2D eigenvalue weighted by Crippen LogP contribution is 2.32. The molecule has 28 heavy (non-hydrogen) atoms. The lowest BCUT2D eigenvalue weighted by atomic mass is 10.1. The molecule has 0 aliphatic heterocycles. The van der Waals surface area contributed by atoms with Crippen LogP contribution in [0.15, 0.2) is 97.3 Å². The molecule has 0 unspecified atom stereocenters. The average molecular weight is 364 g/mol. The molecule has 0 saturated carbocycles. The van der Waals surface area contributed by atoms with Crippen molar-refractivity contribution in [3.05, 3.63) is 103 Å². The van der Waals surface area contributed by atoms with Crippen molar-refractivity contribution in [3.8, 4) is 11.3 Å². The minimum Gasteiger partial charge on any atom is -0.330 e. The average Bonchev–Trinajstić information content (AvgIpc) is 3.14. The van der Waals surface area contributed by atoms with Crippen LogP contribution in [0.4, 0.5) is 0 Å². The SMILES string of the molecule is O=C(On1c(-c2ccncc2)cc2c3ccccc3ccc21)c1ccccc1. The Morgan fingerprint density at radius 3 is 2.36 bits per heavy atom. The highest BCUT2D eigenvalue weighted by Gasteiger charge is 2.17. The lowest BCUT2D eigenvalue weighted by Crippen LogP contribution is -2.20. The number of nitrogens with zero attached hydrogens (tertiary/aromatic N) is 2. The first kappa shape index (κ1) is 16.3. The smallest absolute Gasteiger partial charge is 0.330 e. The fraction of sp³-hybridized carbons (Fsp3) is 0. The van der Waals surface area contributed by atoms with Crippen LogP contribution in [0.3, 0.4) is 0 Å². The molecule has 0 aliphatic carbocycles. The topological polar surface area (TPSA) is 44.1 Å². The predicted octanol–water partition coefficient (Wildman–Crippen LogP) is 5.13. The van der Waals surface area contributed by atoms with Gasteiger partial charge in [-0.1, -0.05) is 48.5 Å². The summed E-state index contributed by atoms with van der Waals surface area (Å²) in [5.74, 6) is -0.401. The summed E-state index contributed by atoms with van der Waals surface area (Å²) in [6, 6.07) is 27.1. The molecular weight excluding hydrogens is 348 g/mol. The minimum atomic E-state index is -0.401. The molecule has 0 spiro atoms. The van der Waals surface area contributed by atoms with Crippen molar-refractivity contribution in [1.29, 1.82) is 0 Å². The van der Waals surface area contributed by atoms with E-state index in [1.807, 2.05) is 54.6 Å². The van der Waals surface area contributed by atoms with Gasteiger partial charge in [-0.2, -0.15) is 4.73 Å². The molecule has 0 atom stereocenters. The van der Waals surface area contributed by atoms with Gasteiger partial charge in [-0.05, 0) is 47.2 Å². The van der Waals surface area contributed by atoms with E-state index in [1.54, 1.807) is 29.3 Å². The number of hydrogen-bond donors (Lipinski definition) is 0. The maximum absolute atomic E-state index is 12.7. The summed E-state index contributed by atoms with van der Waals surface area (Å²) < 4.78 is 1.62. The third-order valence-electron chi connectivity index (χ3n) is 4.83. The van der Waals surface area contributed by atoms with Crippen LogP contribution in [0, 0.1) is 0 Å². The molecular formula is C24H16N2O2. The van der Waals surface area contributed by atoms with E-state index in [0.29, 0.717) is 5.56 Å². The largest absolute Gasteiger partial charge is 0.363 e. The van der Waals surface area contributed by atoms with Gasteiger partial charge in [0.2, 0.25) is 0 Å². The molecule has 0 aliphatic rings. The van der Waals surface area contributed by atoms with E-state index in [2.05, 4.69) is 23.2 Å². The number of pyridine rings is 1. The molecule has 0 fully saturated rings. The maximum Gasteiger partial charge on any atom is 0.363 e. The Hall–Kier alpha value is -3.92. The van der Waals surface area contributed by atoms with Gasteiger partial charge in [-0.25, -0.2) is 4.79 Å². The molecule has 0 bridgehead atoms. The minimum absolute atomic E-state index is 0.401. The zero-order valence-corrected chi connectivity index (χ0v) is 14.9. The van der Waals surface area contributed by atoms with Crippen molar-refractivity contribution in [3.63, 3.8) is 0 Å². The van der Waals surface area contributed by atoms with E-state index in [0.717, 1.165) is 32.9 Å². The van der Waals surface area contributed by atoms with E-state index in [4.69, 9.17) is 4.84 Å². The number of rotatable bonds is 3. The second kappa shape index (κ2) is 6.67. The van der Waals surface area contributed by atoms with Crippen LogP contribution in [-0.2, 0) is 0 Å². The lowest BCUT2D eigenvalue weighted by molar-refractivity contribution is 0.0490. The zero-order chi connectivity index (χ0) is 18.9. The summed E-state index contributed by atoms with van der Waals surface area (Å²) >= 11 is 0. The predicted molar refractivity (Wildman–Crippen MR) is 110 cm³/mol. The molecule has 2 heterocycles. The van der Waals surface area contributed by atoms with Gasteiger partial charge in [0.1, 0.15) is 0 Å². The van der Waals surface area contributed by atoms with Gasteiger partial charge >= 0.3 is 5.97 Å². The number of fused-ring (bicyclic) bond motifs is 3. The van der Waals surface area contributed by atoms with Gasteiger partial charge < -0.3 is 4.84 Å². The van der Waals surface area contributed by atoms with Crippen molar-refractivity contribution < 1.29 is 9.63 Å². The molecule has 0 saturated heterocycles. The van der Waals surface area contributed by atoms with Crippen LogP contribution >= 0.6 is 0 Å². The van der Waals surface area contributed by atoms with Crippen molar-refractivity contribution in [2.24, 2.45) is 0 Å². The highest BCUT2D eigenvalue weighted by atomic mass is 16.7. The molecule has 0 N–H and O–H groups in total. The molecule has 5 rings (SSSR count). The second-order valence-electron chi connectivity index (χ2n) is 6.52. The summed E-state index contributed by atoms with van der Waals surface area (Å²) in [5, 5.41) is 3.29. The van der Waals surface area contributed by atoms with Gasteiger partial charge in [-0.3, -0.25) is 4.98 Å². The summed E-state index contributed by atoms with van der Waals surface area (Å²) in [5.41, 5.74) is 3.08. The number of carbonyl (C=O) groups is 1. The Labute approximate surface area is 161 Å². The Morgan fingerprint density at radius 2 is 1.54 bits per heavy atom. The van der Waals surface area contributed by atoms with Gasteiger partial charge in [0.15, 0.2) is 0 Å². The first-order chi connectivity index (χ1) is 13.8. The van der Waals surface area contributed by atoms with E-state index in [9.17, 15) is 4.79 Å². The summed E-state index contributed by atoms with van der Waals surface area (Å²) in [4.78, 5) is 22.7. The first-order valence-corrected chi connectivity index (χ1v) is 9.02. The van der Waals surface area contributed by atoms with Crippen LogP contribution in [0.5, 0.6) is 0 Å². The van der Waals surface area contributed by atoms with Crippen LogP contribution < -0.4 is 4.84 Å². The third-order valence-corrected chi connectivity index (χ3v) is 4.83. The highest BCUT2D eigenvalue weighted by molar-refractivity contribution is 6.08. The van der Waals surface area contributed by atoms with E-state index in [-0.39, 0.29) is 0 Å². The third kappa shape index (κ3) is 2.72. The van der Waals surface area contributed by atoms with E-state index < -0.39 is 5.97 Å². The zero-order valence-electron chi connectivity index (χ0n) is 14.9. The lowest BCUT2D eigenvalue weighted by Gasteiger charge is -2.11. The van der Waals surface area contributed by atoms with Gasteiger partial charge in [-0.15, -0.1) is 0 Å². The molecule has 5 aromatic rings. The Bertz CT molecular complexity index is 1290. The standard InChI is InChI=1S/C24H16N2O2/c27-24(19-7-2-1-3-8-19)28-26-22-11-10-17-6-4-5-9-20(17)21(22)16-23(26)18-12-14-25-15-13-18/h1-16H. The number of carbonyl (C=O) groups excluding carboxylic acids is 1. The quantitative estimate of drug-likeness (QED) is 0.446. The van der Waals surface area contributed by atoms with Crippen LogP contribution in [0.25, 0.3) is 32.9 Å². The molecule has 2 aromatic heterocycles. The summed E-state index contributed by atoms with van der Waals surface area (Å²) in [7, 11) is 0. The molecule has 0 amide bonds. The van der Waals surface area contributed by atoms with Gasteiger partial charge in [0.05, 0.1) is 16.8 Å². The maximum atomic E-state index is 12.7. The van der Waals surface area contributed by atoms with E-state index in [1.165, 1.54) is 0 Å². The van der Waals surface area contributed by atoms with Crippen molar-refractivity contribution >= 4 is 27.6 Å². The summed E-state index contributed by atoms with van der Waals surface area (Å²) in [6.45, 7) is 0. The van der Waals surface area contributed by atoms with Crippen molar-refractivity contribution in [2.45, 2.75) is 0 Å². The second-order valence-corrected chi connectivity index (χ2v) is 6.52. The number of hydrogen-bond acceptors (Lipinski definition) is 3. The molecule has 4 heteroatoms. The van der Waals surface area contributed by atoms with Crippen LogP contribution in [-0.4, -0.2) is 15.7 Å². The fourth-order valence-electron chi connectivity index (χ4n) is 3.47. The first-order valence-electron chi connectivity index (χ1n) is 9.02. The molecule has 134 valence electrons. The van der Waals surface area contributed by atoms with E-state index >= 15 is 0 Å². The van der Waals surface area contributed by atoms with Gasteiger partial charge in [0.25, 0.3) is 0 Å². The number of aromatic nitrogens is 2. The van der Waals surface area contributed by atoms with Crippen LogP contribution in [0.1, 0.15) is 10.4 Å². The molecule has 4 nitrogen and oxygen atoms in total. The normalized spacial score (nSPS) is 11.0. The summed E-state index contributed by atoms with van der Waals surface area (Å²) in [6.07, 6.45) is 3.46. The van der Waals surface area contributed by atoms with Crippen molar-refractivity contribution in [1.82, 2.24) is 9.71 Å². The molecule has 0 radical (unpaired) electrons. The Kier molecular flexibility index (Phi) is 3.87. The fourth-order valence-corrected chi connectivity index (χ4v) is 3.47. The monoisotopic (exact) mass is 364 g/mol. The Morgan fingerprint density at radius 1 is 0.786 bits per heavy atom. The number of benzene rings is 3. The Balaban J connectivity index is 1.73. The van der Waals surface area contributed by atoms with Gasteiger partial charge in [0, 0.05) is 23.3 Å². The van der Waals surface area contributed by atoms with Crippen LogP contribution in [0.2, 0.25) is 0 Å².